The van der Waals surface area contributed by atoms with Gasteiger partial charge in [-0.2, -0.15) is 0 Å². The number of carbonyl (C=O) groups is 1. The number of para-hydroxylation sites is 2. The van der Waals surface area contributed by atoms with Crippen LogP contribution >= 0.6 is 0 Å². The van der Waals surface area contributed by atoms with Crippen molar-refractivity contribution >= 4 is 16.9 Å². The zero-order chi connectivity index (χ0) is 19.5. The normalized spacial score (nSPS) is 12.9. The molecule has 7 nitrogen and oxygen atoms in total. The first-order valence-electron chi connectivity index (χ1n) is 9.43. The highest BCUT2D eigenvalue weighted by Crippen LogP contribution is 2.30. The molecule has 7 heteroatoms. The molecule has 2 heterocycles. The highest BCUT2D eigenvalue weighted by Gasteiger charge is 2.13. The van der Waals surface area contributed by atoms with Crippen LogP contribution in [-0.2, 0) is 24.8 Å². The van der Waals surface area contributed by atoms with Gasteiger partial charge in [0.2, 0.25) is 5.91 Å². The van der Waals surface area contributed by atoms with Crippen LogP contribution in [0.3, 0.4) is 0 Å². The van der Waals surface area contributed by atoms with Gasteiger partial charge in [0.15, 0.2) is 11.5 Å². The van der Waals surface area contributed by atoms with Gasteiger partial charge in [0, 0.05) is 26.6 Å². The lowest BCUT2D eigenvalue weighted by molar-refractivity contribution is -0.121. The molecule has 146 valence electrons. The van der Waals surface area contributed by atoms with Crippen LogP contribution in [-0.4, -0.2) is 34.8 Å². The Kier molecular flexibility index (Phi) is 5.06. The van der Waals surface area contributed by atoms with E-state index >= 15 is 0 Å². The molecule has 0 saturated heterocycles. The molecule has 0 aliphatic carbocycles. The van der Waals surface area contributed by atoms with Crippen molar-refractivity contribution in [3.05, 3.63) is 58.5 Å². The number of amides is 1. The Morgan fingerprint density at radius 3 is 2.64 bits per heavy atom. The van der Waals surface area contributed by atoms with E-state index in [1.165, 1.54) is 0 Å². The van der Waals surface area contributed by atoms with Gasteiger partial charge in [-0.1, -0.05) is 18.2 Å². The largest absolute Gasteiger partial charge is 0.486 e. The quantitative estimate of drug-likeness (QED) is 0.707. The van der Waals surface area contributed by atoms with E-state index in [1.807, 2.05) is 42.5 Å². The zero-order valence-electron chi connectivity index (χ0n) is 15.8. The number of aryl methyl sites for hydroxylation is 2. The Morgan fingerprint density at radius 2 is 1.82 bits per heavy atom. The molecule has 0 radical (unpaired) electrons. The molecule has 0 unspecified atom stereocenters. The predicted octanol–water partition coefficient (Wildman–Crippen LogP) is 1.86. The maximum atomic E-state index is 12.4. The van der Waals surface area contributed by atoms with Gasteiger partial charge in [-0.05, 0) is 36.2 Å². The summed E-state index contributed by atoms with van der Waals surface area (Å²) in [5.74, 6) is 1.45. The Balaban J connectivity index is 1.31. The Hall–Kier alpha value is -3.22. The first kappa shape index (κ1) is 18.2. The van der Waals surface area contributed by atoms with Crippen LogP contribution in [0.15, 0.2) is 47.3 Å². The van der Waals surface area contributed by atoms with Crippen molar-refractivity contribution < 1.29 is 14.3 Å². The van der Waals surface area contributed by atoms with Crippen LogP contribution in [0.25, 0.3) is 11.0 Å². The number of nitrogens with zero attached hydrogens (tertiary/aromatic N) is 2. The number of rotatable bonds is 6. The van der Waals surface area contributed by atoms with Crippen molar-refractivity contribution in [2.75, 3.05) is 19.8 Å². The van der Waals surface area contributed by atoms with Crippen molar-refractivity contribution in [1.82, 2.24) is 14.5 Å². The minimum Gasteiger partial charge on any atom is -0.486 e. The minimum atomic E-state index is -0.106. The second kappa shape index (κ2) is 7.80. The molecule has 0 atom stereocenters. The highest BCUT2D eigenvalue weighted by atomic mass is 16.6. The van der Waals surface area contributed by atoms with Gasteiger partial charge >= 0.3 is 5.69 Å². The molecule has 1 aliphatic heterocycles. The summed E-state index contributed by atoms with van der Waals surface area (Å²) in [6.45, 7) is 2.02. The summed E-state index contributed by atoms with van der Waals surface area (Å²) in [6, 6.07) is 13.4. The summed E-state index contributed by atoms with van der Waals surface area (Å²) in [5.41, 5.74) is 2.69. The van der Waals surface area contributed by atoms with E-state index in [2.05, 4.69) is 5.32 Å². The van der Waals surface area contributed by atoms with E-state index < -0.39 is 0 Å². The van der Waals surface area contributed by atoms with Gasteiger partial charge in [-0.15, -0.1) is 0 Å². The molecule has 28 heavy (non-hydrogen) atoms. The average Bonchev–Trinajstić information content (AvgIpc) is 2.97. The topological polar surface area (TPSA) is 74.5 Å². The molecule has 0 saturated carbocycles. The maximum absolute atomic E-state index is 12.4. The van der Waals surface area contributed by atoms with E-state index in [1.54, 1.807) is 16.2 Å². The van der Waals surface area contributed by atoms with Gasteiger partial charge in [-0.3, -0.25) is 13.9 Å². The van der Waals surface area contributed by atoms with Crippen LogP contribution in [0, 0.1) is 0 Å². The van der Waals surface area contributed by atoms with Crippen LogP contribution in [0.2, 0.25) is 0 Å². The Morgan fingerprint density at radius 1 is 1.07 bits per heavy atom. The molecule has 1 aliphatic rings. The number of hydrogen-bond donors (Lipinski definition) is 1. The summed E-state index contributed by atoms with van der Waals surface area (Å²) < 4.78 is 14.3. The lowest BCUT2D eigenvalue weighted by atomic mass is 10.1. The summed E-state index contributed by atoms with van der Waals surface area (Å²) in [5, 5.41) is 2.92. The predicted molar refractivity (Wildman–Crippen MR) is 106 cm³/mol. The van der Waals surface area contributed by atoms with Crippen molar-refractivity contribution in [2.45, 2.75) is 19.4 Å². The summed E-state index contributed by atoms with van der Waals surface area (Å²) in [7, 11) is 1.74. The number of aromatic nitrogens is 2. The van der Waals surface area contributed by atoms with Crippen molar-refractivity contribution in [3.63, 3.8) is 0 Å². The number of imidazole rings is 1. The standard InChI is InChI=1S/C21H23N3O4/c1-23-16-4-2-3-5-17(16)24(21(23)26)11-9-20(25)22-10-8-15-6-7-18-19(14-15)28-13-12-27-18/h2-7,14H,8-13H2,1H3,(H,22,25). The molecular weight excluding hydrogens is 358 g/mol. The van der Waals surface area contributed by atoms with Crippen molar-refractivity contribution in [2.24, 2.45) is 7.05 Å². The van der Waals surface area contributed by atoms with Crippen LogP contribution in [0.5, 0.6) is 11.5 Å². The Labute approximate surface area is 162 Å². The van der Waals surface area contributed by atoms with Gasteiger partial charge in [0.05, 0.1) is 11.0 Å². The monoisotopic (exact) mass is 381 g/mol. The second-order valence-electron chi connectivity index (χ2n) is 6.81. The van der Waals surface area contributed by atoms with Gasteiger partial charge in [-0.25, -0.2) is 4.79 Å². The number of benzene rings is 2. The lowest BCUT2D eigenvalue weighted by Crippen LogP contribution is -2.29. The smallest absolute Gasteiger partial charge is 0.328 e. The molecule has 0 fully saturated rings. The number of ether oxygens (including phenoxy) is 2. The van der Waals surface area contributed by atoms with E-state index in [4.69, 9.17) is 9.47 Å². The fourth-order valence-corrected chi connectivity index (χ4v) is 3.47. The fraction of sp³-hybridized carbons (Fsp3) is 0.333. The minimum absolute atomic E-state index is 0.0719. The van der Waals surface area contributed by atoms with E-state index in [0.29, 0.717) is 32.7 Å². The Bertz CT molecular complexity index is 1070. The summed E-state index contributed by atoms with van der Waals surface area (Å²) in [6.07, 6.45) is 0.964. The van der Waals surface area contributed by atoms with Crippen molar-refractivity contribution in [1.29, 1.82) is 0 Å². The van der Waals surface area contributed by atoms with E-state index in [-0.39, 0.29) is 18.0 Å². The molecule has 0 spiro atoms. The third-order valence-corrected chi connectivity index (χ3v) is 4.96. The van der Waals surface area contributed by atoms with Gasteiger partial charge < -0.3 is 14.8 Å². The summed E-state index contributed by atoms with van der Waals surface area (Å²) >= 11 is 0. The summed E-state index contributed by atoms with van der Waals surface area (Å²) in [4.78, 5) is 24.6. The molecule has 1 amide bonds. The molecule has 3 aromatic rings. The van der Waals surface area contributed by atoms with Crippen LogP contribution in [0.4, 0.5) is 0 Å². The first-order chi connectivity index (χ1) is 13.6. The van der Waals surface area contributed by atoms with Gasteiger partial charge in [0.1, 0.15) is 13.2 Å². The molecule has 1 N–H and O–H groups in total. The van der Waals surface area contributed by atoms with Crippen molar-refractivity contribution in [3.8, 4) is 11.5 Å². The molecule has 2 aromatic carbocycles. The molecule has 4 rings (SSSR count). The van der Waals surface area contributed by atoms with Crippen LogP contribution < -0.4 is 20.5 Å². The van der Waals surface area contributed by atoms with Gasteiger partial charge in [0.25, 0.3) is 0 Å². The lowest BCUT2D eigenvalue weighted by Gasteiger charge is -2.18. The third-order valence-electron chi connectivity index (χ3n) is 4.96. The van der Waals surface area contributed by atoms with E-state index in [9.17, 15) is 9.59 Å². The molecule has 1 aromatic heterocycles. The number of hydrogen-bond acceptors (Lipinski definition) is 4. The van der Waals surface area contributed by atoms with E-state index in [0.717, 1.165) is 28.1 Å². The first-order valence-corrected chi connectivity index (χ1v) is 9.43. The zero-order valence-corrected chi connectivity index (χ0v) is 15.8. The SMILES string of the molecule is Cn1c(=O)n(CCC(=O)NCCc2ccc3c(c2)OCCO3)c2ccccc21. The molecule has 0 bridgehead atoms. The second-order valence-corrected chi connectivity index (χ2v) is 6.81. The number of nitrogens with one attached hydrogen (secondary N) is 1. The van der Waals surface area contributed by atoms with Crippen LogP contribution in [0.1, 0.15) is 12.0 Å². The maximum Gasteiger partial charge on any atom is 0.328 e. The average molecular weight is 381 g/mol. The molecular formula is C21H23N3O4. The third kappa shape index (κ3) is 3.60. The number of carbonyl (C=O) groups excluding carboxylic acids is 1. The fourth-order valence-electron chi connectivity index (χ4n) is 3.47. The highest BCUT2D eigenvalue weighted by molar-refractivity contribution is 5.77. The number of fused-ring (bicyclic) bond motifs is 2.